The summed E-state index contributed by atoms with van der Waals surface area (Å²) >= 11 is 5.74. The first-order valence-corrected chi connectivity index (χ1v) is 11.9. The van der Waals surface area contributed by atoms with Gasteiger partial charge in [0.15, 0.2) is 8.32 Å². The normalized spacial score (nSPS) is 13.6. The second-order valence-electron chi connectivity index (χ2n) is 7.65. The van der Waals surface area contributed by atoms with Crippen molar-refractivity contribution in [2.24, 2.45) is 0 Å². The van der Waals surface area contributed by atoms with Crippen molar-refractivity contribution in [1.29, 1.82) is 0 Å². The largest absolute Gasteiger partial charge is 0.402 e. The molecule has 0 radical (unpaired) electrons. The van der Waals surface area contributed by atoms with E-state index in [2.05, 4.69) is 44.5 Å². The molecule has 0 bridgehead atoms. The molecular formula is C18H30ClFN2O2Si. The van der Waals surface area contributed by atoms with Gasteiger partial charge >= 0.3 is 0 Å². The molecule has 1 atom stereocenters. The van der Waals surface area contributed by atoms with Gasteiger partial charge in [0, 0.05) is 12.1 Å². The van der Waals surface area contributed by atoms with Crippen LogP contribution in [0.4, 0.5) is 4.39 Å². The van der Waals surface area contributed by atoms with E-state index >= 15 is 0 Å². The van der Waals surface area contributed by atoms with Gasteiger partial charge in [-0.3, -0.25) is 10.1 Å². The average Bonchev–Trinajstić information content (AvgIpc) is 2.51. The van der Waals surface area contributed by atoms with Gasteiger partial charge in [-0.25, -0.2) is 4.39 Å². The summed E-state index contributed by atoms with van der Waals surface area (Å²) in [5.74, 6) is -0.707. The number of halogens is 2. The minimum atomic E-state index is -1.90. The molecule has 0 heterocycles. The van der Waals surface area contributed by atoms with Gasteiger partial charge in [0.05, 0.1) is 17.8 Å². The molecule has 0 aliphatic heterocycles. The van der Waals surface area contributed by atoms with Crippen molar-refractivity contribution in [3.8, 4) is 0 Å². The lowest BCUT2D eigenvalue weighted by atomic mass is 10.2. The Labute approximate surface area is 156 Å². The van der Waals surface area contributed by atoms with E-state index in [1.165, 1.54) is 6.07 Å². The van der Waals surface area contributed by atoms with Crippen molar-refractivity contribution in [2.75, 3.05) is 6.54 Å². The number of rotatable bonds is 8. The van der Waals surface area contributed by atoms with Crippen molar-refractivity contribution < 1.29 is 13.6 Å². The maximum atomic E-state index is 13.8. The fraction of sp³-hybridized carbons (Fsp3) is 0.611. The Bertz CT molecular complexity index is 591. The molecule has 0 aliphatic carbocycles. The van der Waals surface area contributed by atoms with Crippen LogP contribution >= 0.6 is 11.6 Å². The molecule has 0 saturated carbocycles. The van der Waals surface area contributed by atoms with E-state index in [4.69, 9.17) is 16.0 Å². The van der Waals surface area contributed by atoms with Crippen molar-refractivity contribution in [3.05, 3.63) is 34.6 Å². The van der Waals surface area contributed by atoms with Gasteiger partial charge in [-0.2, -0.15) is 0 Å². The molecule has 1 amide bonds. The highest BCUT2D eigenvalue weighted by molar-refractivity contribution is 6.74. The van der Waals surface area contributed by atoms with Crippen LogP contribution in [0.2, 0.25) is 23.2 Å². The van der Waals surface area contributed by atoms with Crippen LogP contribution in [-0.4, -0.2) is 27.0 Å². The van der Waals surface area contributed by atoms with E-state index in [0.29, 0.717) is 5.56 Å². The summed E-state index contributed by atoms with van der Waals surface area (Å²) in [7, 11) is -1.90. The predicted octanol–water partition coefficient (Wildman–Crippen LogP) is 4.44. The fourth-order valence-electron chi connectivity index (χ4n) is 1.95. The van der Waals surface area contributed by atoms with Gasteiger partial charge in [-0.15, -0.1) is 0 Å². The highest BCUT2D eigenvalue weighted by Gasteiger charge is 2.38. The molecule has 7 heteroatoms. The van der Waals surface area contributed by atoms with Crippen molar-refractivity contribution in [1.82, 2.24) is 10.6 Å². The third-order valence-electron chi connectivity index (χ3n) is 4.61. The first kappa shape index (κ1) is 22.1. The SMILES string of the molecule is CC[C@@H](NCC(=O)NCc1cccc(Cl)c1F)O[Si](C)(C)C(C)(C)C. The van der Waals surface area contributed by atoms with Crippen LogP contribution in [0.5, 0.6) is 0 Å². The lowest BCUT2D eigenvalue weighted by molar-refractivity contribution is -0.121. The number of carbonyl (C=O) groups excluding carboxylic acids is 1. The lowest BCUT2D eigenvalue weighted by Gasteiger charge is -2.39. The van der Waals surface area contributed by atoms with Crippen LogP contribution in [-0.2, 0) is 15.8 Å². The minimum absolute atomic E-state index is 0.0543. The molecule has 0 saturated heterocycles. The quantitative estimate of drug-likeness (QED) is 0.511. The fourth-order valence-corrected chi connectivity index (χ4v) is 3.46. The second-order valence-corrected chi connectivity index (χ2v) is 12.8. The monoisotopic (exact) mass is 388 g/mol. The molecule has 142 valence electrons. The summed E-state index contributed by atoms with van der Waals surface area (Å²) < 4.78 is 20.1. The van der Waals surface area contributed by atoms with Crippen LogP contribution in [0.1, 0.15) is 39.7 Å². The summed E-state index contributed by atoms with van der Waals surface area (Å²) in [6.07, 6.45) is 0.595. The average molecular weight is 389 g/mol. The molecule has 1 aromatic rings. The molecule has 0 spiro atoms. The first-order valence-electron chi connectivity index (χ1n) is 8.58. The summed E-state index contributed by atoms with van der Waals surface area (Å²) in [4.78, 5) is 12.0. The molecule has 0 fully saturated rings. The van der Waals surface area contributed by atoms with Crippen molar-refractivity contribution in [2.45, 2.75) is 65.0 Å². The number of nitrogens with one attached hydrogen (secondary N) is 2. The molecule has 0 aliphatic rings. The van der Waals surface area contributed by atoms with Gasteiger partial charge in [0.1, 0.15) is 5.82 Å². The van der Waals surface area contributed by atoms with Crippen molar-refractivity contribution >= 4 is 25.8 Å². The Kier molecular flexibility index (Phi) is 8.06. The van der Waals surface area contributed by atoms with Crippen LogP contribution in [0.3, 0.4) is 0 Å². The van der Waals surface area contributed by atoms with E-state index in [1.807, 2.05) is 6.92 Å². The van der Waals surface area contributed by atoms with Gasteiger partial charge in [0.25, 0.3) is 0 Å². The Balaban J connectivity index is 2.50. The smallest absolute Gasteiger partial charge is 0.234 e. The van der Waals surface area contributed by atoms with Crippen LogP contribution in [0, 0.1) is 5.82 Å². The van der Waals surface area contributed by atoms with E-state index in [0.717, 1.165) is 6.42 Å². The second kappa shape index (κ2) is 9.12. The highest BCUT2D eigenvalue weighted by atomic mass is 35.5. The number of amides is 1. The molecule has 0 aromatic heterocycles. The van der Waals surface area contributed by atoms with Gasteiger partial charge in [-0.05, 0) is 30.6 Å². The Hall–Kier alpha value is -0.953. The minimum Gasteiger partial charge on any atom is -0.402 e. The van der Waals surface area contributed by atoms with Gasteiger partial charge in [0.2, 0.25) is 5.91 Å². The highest BCUT2D eigenvalue weighted by Crippen LogP contribution is 2.37. The number of hydrogen-bond acceptors (Lipinski definition) is 3. The van der Waals surface area contributed by atoms with E-state index in [1.54, 1.807) is 12.1 Å². The molecule has 0 unspecified atom stereocenters. The summed E-state index contributed by atoms with van der Waals surface area (Å²) in [5, 5.41) is 6.00. The van der Waals surface area contributed by atoms with Crippen LogP contribution < -0.4 is 10.6 Å². The van der Waals surface area contributed by atoms with Crippen LogP contribution in [0.15, 0.2) is 18.2 Å². The molecule has 4 nitrogen and oxygen atoms in total. The van der Waals surface area contributed by atoms with E-state index < -0.39 is 14.1 Å². The van der Waals surface area contributed by atoms with E-state index in [9.17, 15) is 9.18 Å². The summed E-state index contributed by atoms with van der Waals surface area (Å²) in [5.41, 5.74) is 0.366. The zero-order valence-electron chi connectivity index (χ0n) is 16.0. The number of carbonyl (C=O) groups is 1. The Morgan fingerprint density at radius 2 is 2.00 bits per heavy atom. The molecule has 25 heavy (non-hydrogen) atoms. The maximum Gasteiger partial charge on any atom is 0.234 e. The Morgan fingerprint density at radius 3 is 2.56 bits per heavy atom. The summed E-state index contributed by atoms with van der Waals surface area (Å²) in [6, 6.07) is 4.74. The topological polar surface area (TPSA) is 50.4 Å². The van der Waals surface area contributed by atoms with Gasteiger partial charge in [-0.1, -0.05) is 51.4 Å². The number of hydrogen-bond donors (Lipinski definition) is 2. The molecule has 2 N–H and O–H groups in total. The summed E-state index contributed by atoms with van der Waals surface area (Å²) in [6.45, 7) is 13.1. The molecule has 1 aromatic carbocycles. The molecule has 1 rings (SSSR count). The molecular weight excluding hydrogens is 359 g/mol. The van der Waals surface area contributed by atoms with Crippen molar-refractivity contribution in [3.63, 3.8) is 0 Å². The Morgan fingerprint density at radius 1 is 1.36 bits per heavy atom. The van der Waals surface area contributed by atoms with Gasteiger partial charge < -0.3 is 9.74 Å². The zero-order chi connectivity index (χ0) is 19.3. The maximum absolute atomic E-state index is 13.8. The van der Waals surface area contributed by atoms with Crippen LogP contribution in [0.25, 0.3) is 0 Å². The predicted molar refractivity (Wildman–Crippen MR) is 104 cm³/mol. The third-order valence-corrected chi connectivity index (χ3v) is 9.39. The lowest BCUT2D eigenvalue weighted by Crippen LogP contribution is -2.49. The standard InChI is InChI=1S/C18H30ClFN2O2Si/c1-7-16(24-25(5,6)18(2,3)4)22-12-15(23)21-11-13-9-8-10-14(19)17(13)20/h8-10,16,22H,7,11-12H2,1-6H3,(H,21,23)/t16-/m0/s1. The third kappa shape index (κ3) is 6.70. The number of benzene rings is 1. The zero-order valence-corrected chi connectivity index (χ0v) is 17.8. The van der Waals surface area contributed by atoms with E-state index in [-0.39, 0.29) is 35.3 Å². The first-order chi connectivity index (χ1) is 11.5.